The van der Waals surface area contributed by atoms with Crippen LogP contribution in [0.2, 0.25) is 0 Å². The Bertz CT molecular complexity index is 705. The number of benzene rings is 1. The molecule has 0 aliphatic carbocycles. The van der Waals surface area contributed by atoms with Crippen LogP contribution < -0.4 is 5.32 Å². The first-order valence-electron chi connectivity index (χ1n) is 5.90. The largest absolute Gasteiger partial charge is 0.313 e. The van der Waals surface area contributed by atoms with Crippen LogP contribution in [0.1, 0.15) is 5.82 Å². The van der Waals surface area contributed by atoms with E-state index in [2.05, 4.69) is 20.6 Å². The van der Waals surface area contributed by atoms with Gasteiger partial charge in [0.15, 0.2) is 11.5 Å². The van der Waals surface area contributed by atoms with E-state index in [0.29, 0.717) is 12.2 Å². The first-order valence-corrected chi connectivity index (χ1v) is 5.90. The maximum Gasteiger partial charge on any atom is 0.177 e. The van der Waals surface area contributed by atoms with Gasteiger partial charge in [-0.1, -0.05) is 0 Å². The highest BCUT2D eigenvalue weighted by molar-refractivity contribution is 5.60. The minimum atomic E-state index is -0.259. The van der Waals surface area contributed by atoms with Crippen molar-refractivity contribution in [2.24, 2.45) is 0 Å². The van der Waals surface area contributed by atoms with Crippen LogP contribution in [-0.2, 0) is 6.54 Å². The van der Waals surface area contributed by atoms with Gasteiger partial charge in [-0.05, 0) is 43.4 Å². The Kier molecular flexibility index (Phi) is 2.92. The van der Waals surface area contributed by atoms with Crippen molar-refractivity contribution in [2.75, 3.05) is 7.05 Å². The van der Waals surface area contributed by atoms with E-state index in [1.165, 1.54) is 12.1 Å². The van der Waals surface area contributed by atoms with E-state index in [9.17, 15) is 4.39 Å². The Hall–Kier alpha value is -2.34. The topological polar surface area (TPSA) is 55.1 Å². The summed E-state index contributed by atoms with van der Waals surface area (Å²) in [5, 5.41) is 15.6. The van der Waals surface area contributed by atoms with Gasteiger partial charge in [0.05, 0.1) is 12.2 Å². The third-order valence-electron chi connectivity index (χ3n) is 2.80. The number of nitrogens with one attached hydrogen (secondary N) is 1. The Morgan fingerprint density at radius 1 is 1.11 bits per heavy atom. The standard InChI is InChI=1S/C13H12FN5/c1-15-8-13-17-16-12-7-6-11(18-19(12)13)9-2-4-10(14)5-3-9/h2-7,15H,8H2,1H3. The molecule has 2 aromatic heterocycles. The molecule has 0 saturated carbocycles. The fourth-order valence-electron chi connectivity index (χ4n) is 1.88. The second kappa shape index (κ2) is 4.74. The summed E-state index contributed by atoms with van der Waals surface area (Å²) in [6, 6.07) is 9.93. The summed E-state index contributed by atoms with van der Waals surface area (Å²) in [7, 11) is 1.84. The maximum absolute atomic E-state index is 12.9. The summed E-state index contributed by atoms with van der Waals surface area (Å²) in [6.07, 6.45) is 0. The Morgan fingerprint density at radius 3 is 2.63 bits per heavy atom. The molecule has 3 aromatic rings. The molecule has 0 bridgehead atoms. The molecule has 0 saturated heterocycles. The summed E-state index contributed by atoms with van der Waals surface area (Å²) in [5.74, 6) is 0.478. The second-order valence-electron chi connectivity index (χ2n) is 4.14. The quantitative estimate of drug-likeness (QED) is 0.775. The average Bonchev–Trinajstić information content (AvgIpc) is 2.83. The molecule has 0 radical (unpaired) electrons. The predicted octanol–water partition coefficient (Wildman–Crippen LogP) is 1.65. The molecule has 0 unspecified atom stereocenters. The molecule has 6 heteroatoms. The zero-order valence-electron chi connectivity index (χ0n) is 10.3. The molecule has 1 aromatic carbocycles. The van der Waals surface area contributed by atoms with E-state index in [0.717, 1.165) is 17.1 Å². The number of hydrogen-bond donors (Lipinski definition) is 1. The highest BCUT2D eigenvalue weighted by atomic mass is 19.1. The van der Waals surface area contributed by atoms with Crippen molar-refractivity contribution >= 4 is 5.65 Å². The zero-order valence-corrected chi connectivity index (χ0v) is 10.3. The van der Waals surface area contributed by atoms with Gasteiger partial charge in [0.2, 0.25) is 0 Å². The van der Waals surface area contributed by atoms with Gasteiger partial charge in [0.25, 0.3) is 0 Å². The molecule has 3 rings (SSSR count). The molecule has 5 nitrogen and oxygen atoms in total. The van der Waals surface area contributed by atoms with Crippen LogP contribution in [0.5, 0.6) is 0 Å². The highest BCUT2D eigenvalue weighted by Gasteiger charge is 2.07. The SMILES string of the molecule is CNCc1nnc2ccc(-c3ccc(F)cc3)nn12. The van der Waals surface area contributed by atoms with Gasteiger partial charge in [-0.2, -0.15) is 9.61 Å². The first-order chi connectivity index (χ1) is 9.28. The molecular formula is C13H12FN5. The monoisotopic (exact) mass is 257 g/mol. The summed E-state index contributed by atoms with van der Waals surface area (Å²) >= 11 is 0. The van der Waals surface area contributed by atoms with Crippen molar-refractivity contribution in [1.82, 2.24) is 25.1 Å². The van der Waals surface area contributed by atoms with E-state index >= 15 is 0 Å². The molecule has 1 N–H and O–H groups in total. The number of hydrogen-bond acceptors (Lipinski definition) is 4. The van der Waals surface area contributed by atoms with Crippen LogP contribution in [0, 0.1) is 5.82 Å². The van der Waals surface area contributed by atoms with Crippen LogP contribution in [0.25, 0.3) is 16.9 Å². The smallest absolute Gasteiger partial charge is 0.177 e. The Morgan fingerprint density at radius 2 is 1.89 bits per heavy atom. The van der Waals surface area contributed by atoms with Crippen LogP contribution in [0.3, 0.4) is 0 Å². The van der Waals surface area contributed by atoms with Crippen molar-refractivity contribution < 1.29 is 4.39 Å². The van der Waals surface area contributed by atoms with E-state index < -0.39 is 0 Å². The van der Waals surface area contributed by atoms with Gasteiger partial charge in [0.1, 0.15) is 5.82 Å². The van der Waals surface area contributed by atoms with Gasteiger partial charge in [0, 0.05) is 5.56 Å². The lowest BCUT2D eigenvalue weighted by Crippen LogP contribution is -2.10. The fourth-order valence-corrected chi connectivity index (χ4v) is 1.88. The lowest BCUT2D eigenvalue weighted by molar-refractivity contribution is 0.628. The predicted molar refractivity (Wildman–Crippen MR) is 68.9 cm³/mol. The van der Waals surface area contributed by atoms with Gasteiger partial charge >= 0.3 is 0 Å². The molecule has 2 heterocycles. The fraction of sp³-hybridized carbons (Fsp3) is 0.154. The summed E-state index contributed by atoms with van der Waals surface area (Å²) < 4.78 is 14.6. The average molecular weight is 257 g/mol. The molecule has 19 heavy (non-hydrogen) atoms. The first kappa shape index (κ1) is 11.7. The van der Waals surface area contributed by atoms with E-state index in [4.69, 9.17) is 0 Å². The van der Waals surface area contributed by atoms with Crippen molar-refractivity contribution in [3.8, 4) is 11.3 Å². The summed E-state index contributed by atoms with van der Waals surface area (Å²) in [4.78, 5) is 0. The lowest BCUT2D eigenvalue weighted by Gasteiger charge is -2.03. The van der Waals surface area contributed by atoms with Gasteiger partial charge in [-0.15, -0.1) is 10.2 Å². The zero-order chi connectivity index (χ0) is 13.2. The molecule has 0 fully saturated rings. The van der Waals surface area contributed by atoms with Crippen molar-refractivity contribution in [1.29, 1.82) is 0 Å². The number of halogens is 1. The van der Waals surface area contributed by atoms with Crippen LogP contribution >= 0.6 is 0 Å². The number of fused-ring (bicyclic) bond motifs is 1. The molecule has 96 valence electrons. The van der Waals surface area contributed by atoms with E-state index in [1.807, 2.05) is 19.2 Å². The Balaban J connectivity index is 2.09. The van der Waals surface area contributed by atoms with Crippen LogP contribution in [0.15, 0.2) is 36.4 Å². The Labute approximate surface area is 109 Å². The minimum absolute atomic E-state index is 0.259. The van der Waals surface area contributed by atoms with Gasteiger partial charge < -0.3 is 5.32 Å². The molecule has 0 atom stereocenters. The molecule has 0 spiro atoms. The lowest BCUT2D eigenvalue weighted by atomic mass is 10.1. The molecule has 0 amide bonds. The normalized spacial score (nSPS) is 11.1. The van der Waals surface area contributed by atoms with Gasteiger partial charge in [-0.25, -0.2) is 4.39 Å². The van der Waals surface area contributed by atoms with Crippen molar-refractivity contribution in [2.45, 2.75) is 6.54 Å². The van der Waals surface area contributed by atoms with E-state index in [1.54, 1.807) is 16.6 Å². The van der Waals surface area contributed by atoms with Gasteiger partial charge in [-0.3, -0.25) is 0 Å². The summed E-state index contributed by atoms with van der Waals surface area (Å²) in [6.45, 7) is 0.584. The maximum atomic E-state index is 12.9. The minimum Gasteiger partial charge on any atom is -0.313 e. The number of aromatic nitrogens is 4. The third kappa shape index (κ3) is 2.17. The number of nitrogens with zero attached hydrogens (tertiary/aromatic N) is 4. The summed E-state index contributed by atoms with van der Waals surface area (Å²) in [5.41, 5.74) is 2.30. The third-order valence-corrected chi connectivity index (χ3v) is 2.80. The van der Waals surface area contributed by atoms with Crippen molar-refractivity contribution in [3.63, 3.8) is 0 Å². The molecule has 0 aliphatic rings. The number of rotatable bonds is 3. The van der Waals surface area contributed by atoms with Crippen LogP contribution in [0.4, 0.5) is 4.39 Å². The highest BCUT2D eigenvalue weighted by Crippen LogP contribution is 2.17. The second-order valence-corrected chi connectivity index (χ2v) is 4.14. The van der Waals surface area contributed by atoms with Crippen molar-refractivity contribution in [3.05, 3.63) is 48.0 Å². The van der Waals surface area contributed by atoms with E-state index in [-0.39, 0.29) is 5.82 Å². The van der Waals surface area contributed by atoms with Crippen LogP contribution in [-0.4, -0.2) is 26.9 Å². The molecule has 0 aliphatic heterocycles. The molecular weight excluding hydrogens is 245 g/mol.